The summed E-state index contributed by atoms with van der Waals surface area (Å²) in [4.78, 5) is 20.2. The minimum absolute atomic E-state index is 0.250. The molecule has 0 amide bonds. The van der Waals surface area contributed by atoms with E-state index >= 15 is 0 Å². The van der Waals surface area contributed by atoms with Gasteiger partial charge in [-0.3, -0.25) is 4.79 Å². The third-order valence-electron chi connectivity index (χ3n) is 0.591. The molecule has 0 aromatic rings. The molecule has 66 valence electrons. The Morgan fingerprint density at radius 1 is 1.45 bits per heavy atom. The summed E-state index contributed by atoms with van der Waals surface area (Å²) in [6.45, 7) is 4.11. The molecule has 0 heterocycles. The first-order valence-electron chi connectivity index (χ1n) is 3.28. The lowest BCUT2D eigenvalue weighted by molar-refractivity contribution is -0.122. The molecule has 0 aromatic heterocycles. The highest BCUT2D eigenvalue weighted by atomic mass is 16.3. The van der Waals surface area contributed by atoms with E-state index in [1.807, 2.05) is 0 Å². The van der Waals surface area contributed by atoms with E-state index in [4.69, 9.17) is 14.7 Å². The molecular formula is C7H15NO3. The number of hydrogen-bond acceptors (Lipinski definition) is 3. The first kappa shape index (κ1) is 16.4. The van der Waals surface area contributed by atoms with Gasteiger partial charge in [0.25, 0.3) is 6.47 Å². The van der Waals surface area contributed by atoms with Gasteiger partial charge in [0.15, 0.2) is 0 Å². The highest BCUT2D eigenvalue weighted by molar-refractivity contribution is 5.32. The van der Waals surface area contributed by atoms with Crippen LogP contribution in [0, 0.1) is 0 Å². The Labute approximate surface area is 67.0 Å². The van der Waals surface area contributed by atoms with Gasteiger partial charge in [-0.05, 0) is 0 Å². The van der Waals surface area contributed by atoms with Crippen molar-refractivity contribution in [3.63, 3.8) is 0 Å². The van der Waals surface area contributed by atoms with Crippen LogP contribution >= 0.6 is 0 Å². The van der Waals surface area contributed by atoms with Crippen LogP contribution in [-0.4, -0.2) is 24.7 Å². The topological polar surface area (TPSA) is 66.7 Å². The summed E-state index contributed by atoms with van der Waals surface area (Å²) in [6.07, 6.45) is 3.94. The lowest BCUT2D eigenvalue weighted by Gasteiger charge is -1.68. The van der Waals surface area contributed by atoms with Crippen LogP contribution in [0.15, 0.2) is 4.99 Å². The SMILES string of the molecule is CCCC.CN=C=O.O=CO. The van der Waals surface area contributed by atoms with E-state index in [2.05, 4.69) is 18.8 Å². The fraction of sp³-hybridized carbons (Fsp3) is 0.714. The highest BCUT2D eigenvalue weighted by Gasteiger charge is 1.56. The maximum atomic E-state index is 8.88. The largest absolute Gasteiger partial charge is 0.483 e. The van der Waals surface area contributed by atoms with Crippen molar-refractivity contribution >= 4 is 12.6 Å². The first-order chi connectivity index (χ1) is 5.24. The summed E-state index contributed by atoms with van der Waals surface area (Å²) in [5.41, 5.74) is 0. The van der Waals surface area contributed by atoms with Crippen molar-refractivity contribution in [3.8, 4) is 0 Å². The molecule has 4 heteroatoms. The number of isocyanates is 1. The predicted molar refractivity (Wildman–Crippen MR) is 43.3 cm³/mol. The van der Waals surface area contributed by atoms with Crippen LogP contribution in [0.5, 0.6) is 0 Å². The van der Waals surface area contributed by atoms with Gasteiger partial charge in [-0.25, -0.2) is 9.79 Å². The van der Waals surface area contributed by atoms with Crippen molar-refractivity contribution < 1.29 is 14.7 Å². The normalized spacial score (nSPS) is 5.36. The predicted octanol–water partition coefficient (Wildman–Crippen LogP) is 1.46. The van der Waals surface area contributed by atoms with Gasteiger partial charge in [-0.2, -0.15) is 0 Å². The number of carboxylic acid groups (broad SMARTS) is 1. The van der Waals surface area contributed by atoms with Crippen molar-refractivity contribution in [2.24, 2.45) is 4.99 Å². The van der Waals surface area contributed by atoms with Gasteiger partial charge in [-0.15, -0.1) is 0 Å². The quantitative estimate of drug-likeness (QED) is 0.359. The second-order valence-electron chi connectivity index (χ2n) is 1.42. The number of aliphatic imine (C=N–C) groups is 1. The smallest absolute Gasteiger partial charge is 0.290 e. The lowest BCUT2D eigenvalue weighted by atomic mass is 10.4. The Morgan fingerprint density at radius 3 is 1.64 bits per heavy atom. The third-order valence-corrected chi connectivity index (χ3v) is 0.591. The molecule has 0 aliphatic heterocycles. The third kappa shape index (κ3) is 575. The van der Waals surface area contributed by atoms with Gasteiger partial charge in [0.05, 0.1) is 0 Å². The van der Waals surface area contributed by atoms with Gasteiger partial charge >= 0.3 is 0 Å². The molecule has 0 saturated heterocycles. The molecule has 0 radical (unpaired) electrons. The van der Waals surface area contributed by atoms with Crippen LogP contribution in [0.3, 0.4) is 0 Å². The zero-order chi connectivity index (χ0) is 9.54. The summed E-state index contributed by atoms with van der Waals surface area (Å²) in [5.74, 6) is 0. The Bertz CT molecular complexity index is 95.9. The Kier molecular flexibility index (Phi) is 55.0. The Morgan fingerprint density at radius 2 is 1.64 bits per heavy atom. The van der Waals surface area contributed by atoms with Crippen LogP contribution in [0.1, 0.15) is 26.7 Å². The molecule has 11 heavy (non-hydrogen) atoms. The van der Waals surface area contributed by atoms with Crippen molar-refractivity contribution in [2.75, 3.05) is 7.05 Å². The molecule has 0 aromatic carbocycles. The first-order valence-corrected chi connectivity index (χ1v) is 3.28. The van der Waals surface area contributed by atoms with E-state index in [0.29, 0.717) is 0 Å². The molecule has 0 fully saturated rings. The maximum Gasteiger partial charge on any atom is 0.290 e. The van der Waals surface area contributed by atoms with Crippen LogP contribution in [0.4, 0.5) is 0 Å². The molecule has 4 nitrogen and oxygen atoms in total. The molecule has 0 spiro atoms. The number of carbonyl (C=O) groups excluding carboxylic acids is 1. The second kappa shape index (κ2) is 36.8. The average Bonchev–Trinajstić information content (AvgIpc) is 2.06. The van der Waals surface area contributed by atoms with E-state index in [1.54, 1.807) is 0 Å². The van der Waals surface area contributed by atoms with E-state index < -0.39 is 0 Å². The van der Waals surface area contributed by atoms with Crippen LogP contribution in [0.25, 0.3) is 0 Å². The van der Waals surface area contributed by atoms with Gasteiger partial charge in [-0.1, -0.05) is 26.7 Å². The molecule has 0 aliphatic carbocycles. The molecule has 0 rings (SSSR count). The molecule has 0 aliphatic rings. The minimum Gasteiger partial charge on any atom is -0.483 e. The Hall–Kier alpha value is -1.15. The lowest BCUT2D eigenvalue weighted by Crippen LogP contribution is -1.49. The van der Waals surface area contributed by atoms with E-state index in [-0.39, 0.29) is 6.47 Å². The molecule has 0 saturated carbocycles. The summed E-state index contributed by atoms with van der Waals surface area (Å²) >= 11 is 0. The molecule has 0 bridgehead atoms. The maximum absolute atomic E-state index is 8.88. The zero-order valence-corrected chi connectivity index (χ0v) is 7.20. The van der Waals surface area contributed by atoms with Crippen LogP contribution < -0.4 is 0 Å². The van der Waals surface area contributed by atoms with Gasteiger partial charge in [0, 0.05) is 7.05 Å². The second-order valence-corrected chi connectivity index (χ2v) is 1.42. The molecule has 0 atom stereocenters. The highest BCUT2D eigenvalue weighted by Crippen LogP contribution is 1.76. The van der Waals surface area contributed by atoms with Crippen LogP contribution in [0.2, 0.25) is 0 Å². The fourth-order valence-electron chi connectivity index (χ4n) is 0. The monoisotopic (exact) mass is 161 g/mol. The Balaban J connectivity index is -0.0000000886. The van der Waals surface area contributed by atoms with Gasteiger partial charge in [0.1, 0.15) is 0 Å². The van der Waals surface area contributed by atoms with E-state index in [1.165, 1.54) is 26.0 Å². The summed E-state index contributed by atoms with van der Waals surface area (Å²) in [5, 5.41) is 6.89. The van der Waals surface area contributed by atoms with Gasteiger partial charge < -0.3 is 5.11 Å². The number of nitrogens with zero attached hydrogens (tertiary/aromatic N) is 1. The summed E-state index contributed by atoms with van der Waals surface area (Å²) < 4.78 is 0. The van der Waals surface area contributed by atoms with Crippen molar-refractivity contribution in [1.82, 2.24) is 0 Å². The average molecular weight is 161 g/mol. The van der Waals surface area contributed by atoms with Gasteiger partial charge in [0.2, 0.25) is 6.08 Å². The van der Waals surface area contributed by atoms with Crippen molar-refractivity contribution in [2.45, 2.75) is 26.7 Å². The zero-order valence-electron chi connectivity index (χ0n) is 7.20. The molecule has 1 N–H and O–H groups in total. The molecular weight excluding hydrogens is 146 g/mol. The standard InChI is InChI=1S/C4H10.C2H3NO.CH2O2/c1-3-4-2;1-3-2-4;2-1-3/h3-4H2,1-2H3;1H3;1H,(H,2,3). The van der Waals surface area contributed by atoms with E-state index in [9.17, 15) is 0 Å². The fourth-order valence-corrected chi connectivity index (χ4v) is 0. The minimum atomic E-state index is -0.250. The number of unbranched alkanes of at least 4 members (excludes halogenated alkanes) is 1. The molecule has 0 unspecified atom stereocenters. The van der Waals surface area contributed by atoms with Crippen molar-refractivity contribution in [3.05, 3.63) is 0 Å². The number of rotatable bonds is 1. The van der Waals surface area contributed by atoms with Crippen LogP contribution in [-0.2, 0) is 9.59 Å². The number of carbonyl (C=O) groups is 1. The van der Waals surface area contributed by atoms with Crippen molar-refractivity contribution in [1.29, 1.82) is 0 Å². The number of hydrogen-bond donors (Lipinski definition) is 1. The summed E-state index contributed by atoms with van der Waals surface area (Å²) in [6, 6.07) is 0. The summed E-state index contributed by atoms with van der Waals surface area (Å²) in [7, 11) is 1.38. The van der Waals surface area contributed by atoms with E-state index in [0.717, 1.165) is 0 Å².